The molecule has 0 aliphatic heterocycles. The highest BCUT2D eigenvalue weighted by Crippen LogP contribution is 2.35. The summed E-state index contributed by atoms with van der Waals surface area (Å²) in [5.74, 6) is 1.30. The Hall–Kier alpha value is -2.00. The zero-order valence-corrected chi connectivity index (χ0v) is 12.0. The van der Waals surface area contributed by atoms with Gasteiger partial charge in [-0.2, -0.15) is 0 Å². The molecule has 0 bridgehead atoms. The van der Waals surface area contributed by atoms with E-state index in [1.807, 2.05) is 55.5 Å². The summed E-state index contributed by atoms with van der Waals surface area (Å²) in [6.45, 7) is 2.01. The Bertz CT molecular complexity index is 551. The first-order valence-electron chi connectivity index (χ1n) is 6.62. The Kier molecular flexibility index (Phi) is 4.64. The molecule has 0 spiro atoms. The predicted octanol–water partition coefficient (Wildman–Crippen LogP) is 3.54. The second-order valence-electron chi connectivity index (χ2n) is 4.76. The van der Waals surface area contributed by atoms with Crippen molar-refractivity contribution in [2.75, 3.05) is 14.2 Å². The molecule has 20 heavy (non-hydrogen) atoms. The van der Waals surface area contributed by atoms with E-state index in [0.717, 1.165) is 11.1 Å². The fraction of sp³-hybridized carbons (Fsp3) is 0.294. The minimum atomic E-state index is -0.586. The molecule has 0 saturated heterocycles. The average molecular weight is 272 g/mol. The quantitative estimate of drug-likeness (QED) is 0.904. The summed E-state index contributed by atoms with van der Waals surface area (Å²) >= 11 is 0. The summed E-state index contributed by atoms with van der Waals surface area (Å²) in [6, 6.07) is 15.5. The molecule has 2 rings (SSSR count). The maximum absolute atomic E-state index is 10.5. The van der Waals surface area contributed by atoms with Crippen molar-refractivity contribution in [3.8, 4) is 11.5 Å². The lowest BCUT2D eigenvalue weighted by Crippen LogP contribution is -2.08. The summed E-state index contributed by atoms with van der Waals surface area (Å²) in [7, 11) is 3.19. The van der Waals surface area contributed by atoms with Crippen molar-refractivity contribution >= 4 is 0 Å². The molecule has 0 heterocycles. The van der Waals surface area contributed by atoms with Crippen molar-refractivity contribution in [2.45, 2.75) is 18.9 Å². The van der Waals surface area contributed by atoms with Crippen molar-refractivity contribution in [2.24, 2.45) is 0 Å². The van der Waals surface area contributed by atoms with Gasteiger partial charge in [-0.25, -0.2) is 0 Å². The van der Waals surface area contributed by atoms with E-state index in [2.05, 4.69) is 0 Å². The predicted molar refractivity (Wildman–Crippen MR) is 79.4 cm³/mol. The second kappa shape index (κ2) is 6.44. The Balaban J connectivity index is 2.27. The lowest BCUT2D eigenvalue weighted by Gasteiger charge is -2.20. The molecular formula is C17H20O3. The van der Waals surface area contributed by atoms with Crippen molar-refractivity contribution in [1.82, 2.24) is 0 Å². The van der Waals surface area contributed by atoms with E-state index >= 15 is 0 Å². The highest BCUT2D eigenvalue weighted by atomic mass is 16.5. The van der Waals surface area contributed by atoms with E-state index < -0.39 is 6.10 Å². The van der Waals surface area contributed by atoms with Gasteiger partial charge >= 0.3 is 0 Å². The summed E-state index contributed by atoms with van der Waals surface area (Å²) in [5.41, 5.74) is 1.92. The number of aliphatic hydroxyl groups excluding tert-OH is 1. The molecular weight excluding hydrogens is 252 g/mol. The topological polar surface area (TPSA) is 38.7 Å². The van der Waals surface area contributed by atoms with Gasteiger partial charge < -0.3 is 14.6 Å². The lowest BCUT2D eigenvalue weighted by molar-refractivity contribution is 0.151. The number of rotatable bonds is 5. The number of ether oxygens (including phenoxy) is 2. The number of benzene rings is 2. The first kappa shape index (κ1) is 14.4. The minimum Gasteiger partial charge on any atom is -0.493 e. The van der Waals surface area contributed by atoms with E-state index in [1.54, 1.807) is 14.2 Å². The molecule has 2 atom stereocenters. The Morgan fingerprint density at radius 1 is 0.850 bits per heavy atom. The summed E-state index contributed by atoms with van der Waals surface area (Å²) < 4.78 is 10.5. The molecule has 2 unspecified atom stereocenters. The Morgan fingerprint density at radius 3 is 2.10 bits per heavy atom. The van der Waals surface area contributed by atoms with Crippen LogP contribution in [0.4, 0.5) is 0 Å². The van der Waals surface area contributed by atoms with Gasteiger partial charge in [-0.15, -0.1) is 0 Å². The normalized spacial score (nSPS) is 13.6. The molecule has 1 N–H and O–H groups in total. The molecule has 3 heteroatoms. The molecule has 106 valence electrons. The molecule has 0 aromatic heterocycles. The zero-order valence-electron chi connectivity index (χ0n) is 12.0. The van der Waals surface area contributed by atoms with E-state index in [4.69, 9.17) is 9.47 Å². The highest BCUT2D eigenvalue weighted by Gasteiger charge is 2.19. The molecule has 0 aliphatic rings. The van der Waals surface area contributed by atoms with Gasteiger partial charge in [0.15, 0.2) is 11.5 Å². The van der Waals surface area contributed by atoms with Crippen molar-refractivity contribution in [1.29, 1.82) is 0 Å². The molecule has 0 amide bonds. The van der Waals surface area contributed by atoms with Gasteiger partial charge in [0.2, 0.25) is 0 Å². The second-order valence-corrected chi connectivity index (χ2v) is 4.76. The number of methoxy groups -OCH3 is 2. The molecule has 0 aliphatic carbocycles. The van der Waals surface area contributed by atoms with E-state index in [9.17, 15) is 5.11 Å². The smallest absolute Gasteiger partial charge is 0.161 e. The SMILES string of the molecule is COc1ccc(C(O)C(C)c2ccccc2)cc1OC. The van der Waals surface area contributed by atoms with Crippen molar-refractivity contribution < 1.29 is 14.6 Å². The molecule has 2 aromatic rings. The third-order valence-corrected chi connectivity index (χ3v) is 3.55. The van der Waals surface area contributed by atoms with Crippen LogP contribution >= 0.6 is 0 Å². The Morgan fingerprint density at radius 2 is 1.50 bits per heavy atom. The Labute approximate surface area is 119 Å². The number of hydrogen-bond donors (Lipinski definition) is 1. The third kappa shape index (κ3) is 2.94. The molecule has 0 saturated carbocycles. The number of aliphatic hydroxyl groups is 1. The van der Waals surface area contributed by atoms with Gasteiger partial charge in [0.05, 0.1) is 20.3 Å². The monoisotopic (exact) mass is 272 g/mol. The molecule has 2 aromatic carbocycles. The first-order chi connectivity index (χ1) is 9.67. The van der Waals surface area contributed by atoms with Crippen LogP contribution in [0.3, 0.4) is 0 Å². The van der Waals surface area contributed by atoms with E-state index in [-0.39, 0.29) is 5.92 Å². The van der Waals surface area contributed by atoms with Crippen LogP contribution in [0.2, 0.25) is 0 Å². The minimum absolute atomic E-state index is 0.00861. The molecule has 0 radical (unpaired) electrons. The summed E-state index contributed by atoms with van der Waals surface area (Å²) in [5, 5.41) is 10.5. The van der Waals surface area contributed by atoms with Gasteiger partial charge in [-0.1, -0.05) is 43.3 Å². The maximum atomic E-state index is 10.5. The number of hydrogen-bond acceptors (Lipinski definition) is 3. The van der Waals surface area contributed by atoms with Crippen molar-refractivity contribution in [3.05, 3.63) is 59.7 Å². The molecule has 3 nitrogen and oxygen atoms in total. The van der Waals surface area contributed by atoms with Crippen LogP contribution < -0.4 is 9.47 Å². The molecule has 0 fully saturated rings. The largest absolute Gasteiger partial charge is 0.493 e. The summed E-state index contributed by atoms with van der Waals surface area (Å²) in [4.78, 5) is 0. The summed E-state index contributed by atoms with van der Waals surface area (Å²) in [6.07, 6.45) is -0.586. The van der Waals surface area contributed by atoms with Crippen LogP contribution in [0, 0.1) is 0 Å². The van der Waals surface area contributed by atoms with E-state index in [0.29, 0.717) is 11.5 Å². The van der Waals surface area contributed by atoms with E-state index in [1.165, 1.54) is 0 Å². The standard InChI is InChI=1S/C17H20O3/c1-12(13-7-5-4-6-8-13)17(18)14-9-10-15(19-2)16(11-14)20-3/h4-12,17-18H,1-3H3. The van der Waals surface area contributed by atoms with Crippen LogP contribution in [0.15, 0.2) is 48.5 Å². The van der Waals surface area contributed by atoms with Gasteiger partial charge in [-0.05, 0) is 23.3 Å². The maximum Gasteiger partial charge on any atom is 0.161 e. The van der Waals surface area contributed by atoms with Gasteiger partial charge in [0.1, 0.15) is 0 Å². The first-order valence-corrected chi connectivity index (χ1v) is 6.62. The van der Waals surface area contributed by atoms with Gasteiger partial charge in [0, 0.05) is 5.92 Å². The fourth-order valence-electron chi connectivity index (χ4n) is 2.26. The van der Waals surface area contributed by atoms with Crippen molar-refractivity contribution in [3.63, 3.8) is 0 Å². The van der Waals surface area contributed by atoms with Gasteiger partial charge in [0.25, 0.3) is 0 Å². The average Bonchev–Trinajstić information content (AvgIpc) is 2.53. The zero-order chi connectivity index (χ0) is 14.5. The lowest BCUT2D eigenvalue weighted by atomic mass is 9.91. The van der Waals surface area contributed by atoms with Crippen LogP contribution in [0.5, 0.6) is 11.5 Å². The fourth-order valence-corrected chi connectivity index (χ4v) is 2.26. The van der Waals surface area contributed by atoms with Crippen LogP contribution in [0.25, 0.3) is 0 Å². The van der Waals surface area contributed by atoms with Crippen LogP contribution in [-0.4, -0.2) is 19.3 Å². The van der Waals surface area contributed by atoms with Crippen LogP contribution in [-0.2, 0) is 0 Å². The van der Waals surface area contributed by atoms with Crippen LogP contribution in [0.1, 0.15) is 30.1 Å². The highest BCUT2D eigenvalue weighted by molar-refractivity contribution is 5.44. The van der Waals surface area contributed by atoms with Gasteiger partial charge in [-0.3, -0.25) is 0 Å². The third-order valence-electron chi connectivity index (χ3n) is 3.55.